The number of nitrogens with one attached hydrogen (secondary N) is 3. The van der Waals surface area contributed by atoms with Crippen molar-refractivity contribution in [2.24, 2.45) is 5.92 Å². The molecule has 2 aliphatic heterocycles. The monoisotopic (exact) mass is 379 g/mol. The lowest BCUT2D eigenvalue weighted by Crippen LogP contribution is -2.30. The predicted molar refractivity (Wildman–Crippen MR) is 107 cm³/mol. The van der Waals surface area contributed by atoms with Crippen LogP contribution < -0.4 is 16.0 Å². The topological polar surface area (TPSA) is 70.2 Å². The quantitative estimate of drug-likeness (QED) is 0.682. The molecule has 1 unspecified atom stereocenters. The zero-order chi connectivity index (χ0) is 17.6. The van der Waals surface area contributed by atoms with E-state index in [2.05, 4.69) is 35.0 Å². The van der Waals surface area contributed by atoms with Gasteiger partial charge in [0.1, 0.15) is 0 Å². The Morgan fingerprint density at radius 2 is 2.00 bits per heavy atom. The summed E-state index contributed by atoms with van der Waals surface area (Å²) in [4.78, 5) is 24.3. The fraction of sp³-hybridized carbons (Fsp3) is 0.600. The maximum Gasteiger partial charge on any atom is 0.232 e. The lowest BCUT2D eigenvalue weighted by atomic mass is 9.93. The van der Waals surface area contributed by atoms with Crippen LogP contribution in [0.5, 0.6) is 0 Å². The van der Waals surface area contributed by atoms with Crippen molar-refractivity contribution in [1.82, 2.24) is 10.6 Å². The van der Waals surface area contributed by atoms with E-state index in [4.69, 9.17) is 0 Å². The van der Waals surface area contributed by atoms with E-state index in [-0.39, 0.29) is 30.1 Å². The molecule has 1 saturated heterocycles. The first kappa shape index (κ1) is 20.7. The van der Waals surface area contributed by atoms with Crippen molar-refractivity contribution < 1.29 is 9.59 Å². The van der Waals surface area contributed by atoms with Crippen molar-refractivity contribution in [1.29, 1.82) is 0 Å². The van der Waals surface area contributed by atoms with Gasteiger partial charge < -0.3 is 16.0 Å². The first-order chi connectivity index (χ1) is 12.2. The molecule has 2 amide bonds. The van der Waals surface area contributed by atoms with Crippen LogP contribution in [0, 0.1) is 5.92 Å². The number of halogens is 1. The molecule has 0 spiro atoms. The van der Waals surface area contributed by atoms with Crippen molar-refractivity contribution in [2.75, 3.05) is 25.0 Å². The van der Waals surface area contributed by atoms with E-state index < -0.39 is 0 Å². The Labute approximate surface area is 162 Å². The molecule has 3 N–H and O–H groups in total. The molecular formula is C20H30ClN3O2. The van der Waals surface area contributed by atoms with Crippen LogP contribution in [0.1, 0.15) is 56.1 Å². The maximum absolute atomic E-state index is 12.2. The SMILES string of the molecule is CCc1ccc2c(c1)C(CCNC(=O)CCC1CCNCC1)C(=O)N2.Cl. The second kappa shape index (κ2) is 9.93. The second-order valence-electron chi connectivity index (χ2n) is 7.19. The van der Waals surface area contributed by atoms with Crippen LogP contribution in [0.4, 0.5) is 5.69 Å². The molecule has 0 aliphatic carbocycles. The highest BCUT2D eigenvalue weighted by atomic mass is 35.5. The van der Waals surface area contributed by atoms with Crippen LogP contribution in [0.25, 0.3) is 0 Å². The molecule has 1 aromatic carbocycles. The summed E-state index contributed by atoms with van der Waals surface area (Å²) >= 11 is 0. The van der Waals surface area contributed by atoms with Gasteiger partial charge in [0, 0.05) is 18.7 Å². The Balaban J connectivity index is 0.00000243. The number of aryl methyl sites for hydroxylation is 1. The van der Waals surface area contributed by atoms with E-state index >= 15 is 0 Å². The molecule has 26 heavy (non-hydrogen) atoms. The summed E-state index contributed by atoms with van der Waals surface area (Å²) < 4.78 is 0. The fourth-order valence-electron chi connectivity index (χ4n) is 3.83. The van der Waals surface area contributed by atoms with Crippen molar-refractivity contribution in [3.63, 3.8) is 0 Å². The van der Waals surface area contributed by atoms with Gasteiger partial charge in [0.2, 0.25) is 11.8 Å². The van der Waals surface area contributed by atoms with E-state index in [1.807, 2.05) is 6.07 Å². The van der Waals surface area contributed by atoms with Gasteiger partial charge in [-0.05, 0) is 68.3 Å². The summed E-state index contributed by atoms with van der Waals surface area (Å²) in [6.07, 6.45) is 5.53. The molecule has 0 aromatic heterocycles. The van der Waals surface area contributed by atoms with Gasteiger partial charge >= 0.3 is 0 Å². The molecule has 3 rings (SSSR count). The summed E-state index contributed by atoms with van der Waals surface area (Å²) in [5.74, 6) is 0.685. The number of anilines is 1. The second-order valence-corrected chi connectivity index (χ2v) is 7.19. The predicted octanol–water partition coefficient (Wildman–Crippen LogP) is 2.99. The van der Waals surface area contributed by atoms with E-state index in [1.54, 1.807) is 0 Å². The van der Waals surface area contributed by atoms with Crippen LogP contribution in [0.2, 0.25) is 0 Å². The highest BCUT2D eigenvalue weighted by molar-refractivity contribution is 6.02. The highest BCUT2D eigenvalue weighted by Crippen LogP contribution is 2.35. The van der Waals surface area contributed by atoms with Crippen molar-refractivity contribution >= 4 is 29.9 Å². The molecular weight excluding hydrogens is 350 g/mol. The largest absolute Gasteiger partial charge is 0.356 e. The highest BCUT2D eigenvalue weighted by Gasteiger charge is 2.30. The summed E-state index contributed by atoms with van der Waals surface area (Å²) in [6.45, 7) is 4.81. The smallest absolute Gasteiger partial charge is 0.232 e. The van der Waals surface area contributed by atoms with Gasteiger partial charge in [-0.2, -0.15) is 0 Å². The van der Waals surface area contributed by atoms with Gasteiger partial charge in [-0.3, -0.25) is 9.59 Å². The summed E-state index contributed by atoms with van der Waals surface area (Å²) in [7, 11) is 0. The maximum atomic E-state index is 12.2. The van der Waals surface area contributed by atoms with Gasteiger partial charge in [0.25, 0.3) is 0 Å². The molecule has 1 fully saturated rings. The van der Waals surface area contributed by atoms with Crippen LogP contribution in [-0.2, 0) is 16.0 Å². The van der Waals surface area contributed by atoms with Gasteiger partial charge in [-0.15, -0.1) is 12.4 Å². The van der Waals surface area contributed by atoms with Gasteiger partial charge in [0.15, 0.2) is 0 Å². The van der Waals surface area contributed by atoms with Crippen LogP contribution >= 0.6 is 12.4 Å². The Morgan fingerprint density at radius 3 is 2.73 bits per heavy atom. The Hall–Kier alpha value is -1.59. The van der Waals surface area contributed by atoms with E-state index in [0.29, 0.717) is 25.3 Å². The number of benzene rings is 1. The molecule has 0 bridgehead atoms. The molecule has 2 heterocycles. The molecule has 0 radical (unpaired) electrons. The van der Waals surface area contributed by atoms with E-state index in [9.17, 15) is 9.59 Å². The van der Waals surface area contributed by atoms with Gasteiger partial charge in [0.05, 0.1) is 5.92 Å². The normalized spacial score (nSPS) is 19.4. The van der Waals surface area contributed by atoms with E-state index in [0.717, 1.165) is 37.2 Å². The Bertz CT molecular complexity index is 629. The standard InChI is InChI=1S/C20H29N3O2.ClH/c1-2-14-3-5-18-17(13-14)16(20(25)23-18)9-12-22-19(24)6-4-15-7-10-21-11-8-15;/h3,5,13,15-16,21H,2,4,6-12H2,1H3,(H,22,24)(H,23,25);1H. The molecule has 1 atom stereocenters. The van der Waals surface area contributed by atoms with E-state index in [1.165, 1.54) is 18.4 Å². The molecule has 6 heteroatoms. The summed E-state index contributed by atoms with van der Waals surface area (Å²) in [5, 5.41) is 9.29. The third-order valence-electron chi connectivity index (χ3n) is 5.47. The number of carbonyl (C=O) groups excluding carboxylic acids is 2. The number of carbonyl (C=O) groups is 2. The molecule has 0 saturated carbocycles. The minimum Gasteiger partial charge on any atom is -0.356 e. The molecule has 144 valence electrons. The Kier molecular flexibility index (Phi) is 7.91. The fourth-order valence-corrected chi connectivity index (χ4v) is 3.83. The average Bonchev–Trinajstić information content (AvgIpc) is 2.95. The third-order valence-corrected chi connectivity index (χ3v) is 5.47. The van der Waals surface area contributed by atoms with Gasteiger partial charge in [-0.1, -0.05) is 19.1 Å². The summed E-state index contributed by atoms with van der Waals surface area (Å²) in [6, 6.07) is 6.17. The first-order valence-corrected chi connectivity index (χ1v) is 9.58. The van der Waals surface area contributed by atoms with Gasteiger partial charge in [-0.25, -0.2) is 0 Å². The number of piperidine rings is 1. The molecule has 5 nitrogen and oxygen atoms in total. The number of hydrogen-bond acceptors (Lipinski definition) is 3. The lowest BCUT2D eigenvalue weighted by molar-refractivity contribution is -0.122. The van der Waals surface area contributed by atoms with Crippen LogP contribution in [-0.4, -0.2) is 31.4 Å². The Morgan fingerprint density at radius 1 is 1.23 bits per heavy atom. The average molecular weight is 380 g/mol. The molecule has 1 aromatic rings. The van der Waals surface area contributed by atoms with Crippen LogP contribution in [0.15, 0.2) is 18.2 Å². The minimum absolute atomic E-state index is 0. The summed E-state index contributed by atoms with van der Waals surface area (Å²) in [5.41, 5.74) is 3.24. The zero-order valence-electron chi connectivity index (χ0n) is 15.5. The van der Waals surface area contributed by atoms with Crippen molar-refractivity contribution in [3.8, 4) is 0 Å². The zero-order valence-corrected chi connectivity index (χ0v) is 16.3. The van der Waals surface area contributed by atoms with Crippen LogP contribution in [0.3, 0.4) is 0 Å². The number of amides is 2. The van der Waals surface area contributed by atoms with Crippen molar-refractivity contribution in [3.05, 3.63) is 29.3 Å². The minimum atomic E-state index is -0.147. The number of hydrogen-bond donors (Lipinski definition) is 3. The third kappa shape index (κ3) is 5.21. The first-order valence-electron chi connectivity index (χ1n) is 9.58. The molecule has 2 aliphatic rings. The number of fused-ring (bicyclic) bond motifs is 1. The lowest BCUT2D eigenvalue weighted by Gasteiger charge is -2.22. The van der Waals surface area contributed by atoms with Crippen molar-refractivity contribution in [2.45, 2.75) is 51.4 Å². The number of rotatable bonds is 7.